The van der Waals surface area contributed by atoms with Gasteiger partial charge < -0.3 is 19.5 Å². The number of likely N-dealkylation sites (N-methyl/N-ethyl adjacent to an activating group) is 1. The molecule has 0 saturated carbocycles. The molecule has 1 aliphatic heterocycles. The van der Waals surface area contributed by atoms with Gasteiger partial charge in [-0.25, -0.2) is 4.79 Å². The Bertz CT molecular complexity index is 228. The highest BCUT2D eigenvalue weighted by Crippen LogP contribution is 2.13. The van der Waals surface area contributed by atoms with Crippen LogP contribution in [0.25, 0.3) is 0 Å². The van der Waals surface area contributed by atoms with Crippen molar-refractivity contribution in [2.75, 3.05) is 33.5 Å². The standard InChI is InChI=1S/C11H21NO4/c1-4-15-10(13)11(2,12-3)8-16-9-5-6-14-7-9/h9,12H,4-8H2,1-3H3. The van der Waals surface area contributed by atoms with Gasteiger partial charge in [0.1, 0.15) is 5.54 Å². The number of esters is 1. The van der Waals surface area contributed by atoms with Crippen LogP contribution in [0.5, 0.6) is 0 Å². The molecule has 2 unspecified atom stereocenters. The van der Waals surface area contributed by atoms with Crippen molar-refractivity contribution >= 4 is 5.97 Å². The number of ether oxygens (including phenoxy) is 3. The van der Waals surface area contributed by atoms with E-state index in [1.165, 1.54) is 0 Å². The number of carbonyl (C=O) groups excluding carboxylic acids is 1. The summed E-state index contributed by atoms with van der Waals surface area (Å²) in [6.45, 7) is 5.60. The summed E-state index contributed by atoms with van der Waals surface area (Å²) in [6, 6.07) is 0. The molecule has 2 atom stereocenters. The van der Waals surface area contributed by atoms with Crippen LogP contribution in [0.15, 0.2) is 0 Å². The first-order valence-electron chi connectivity index (χ1n) is 5.68. The average molecular weight is 231 g/mol. The Hall–Kier alpha value is -0.650. The fourth-order valence-electron chi connectivity index (χ4n) is 1.45. The molecule has 0 aromatic carbocycles. The predicted molar refractivity (Wildman–Crippen MR) is 59.3 cm³/mol. The molecule has 5 nitrogen and oxygen atoms in total. The molecule has 0 amide bonds. The highest BCUT2D eigenvalue weighted by Gasteiger charge is 2.34. The zero-order valence-electron chi connectivity index (χ0n) is 10.2. The van der Waals surface area contributed by atoms with Crippen LogP contribution in [-0.4, -0.2) is 51.1 Å². The number of hydrogen-bond acceptors (Lipinski definition) is 5. The molecule has 5 heteroatoms. The average Bonchev–Trinajstić information content (AvgIpc) is 2.79. The van der Waals surface area contributed by atoms with E-state index in [1.807, 2.05) is 0 Å². The lowest BCUT2D eigenvalue weighted by Crippen LogP contribution is -2.53. The molecule has 16 heavy (non-hydrogen) atoms. The second kappa shape index (κ2) is 6.18. The van der Waals surface area contributed by atoms with Crippen molar-refractivity contribution in [1.82, 2.24) is 5.32 Å². The SMILES string of the molecule is CCOC(=O)C(C)(COC1CCOC1)NC. The van der Waals surface area contributed by atoms with Crippen molar-refractivity contribution in [3.05, 3.63) is 0 Å². The molecule has 1 N–H and O–H groups in total. The largest absolute Gasteiger partial charge is 0.465 e. The summed E-state index contributed by atoms with van der Waals surface area (Å²) in [6.07, 6.45) is 0.991. The third-order valence-corrected chi connectivity index (χ3v) is 2.77. The summed E-state index contributed by atoms with van der Waals surface area (Å²) in [5.74, 6) is -0.281. The Labute approximate surface area is 96.4 Å². The van der Waals surface area contributed by atoms with Crippen LogP contribution in [0.2, 0.25) is 0 Å². The van der Waals surface area contributed by atoms with Crippen LogP contribution < -0.4 is 5.32 Å². The van der Waals surface area contributed by atoms with Gasteiger partial charge in [0.25, 0.3) is 0 Å². The number of nitrogens with one attached hydrogen (secondary N) is 1. The van der Waals surface area contributed by atoms with E-state index in [1.54, 1.807) is 20.9 Å². The van der Waals surface area contributed by atoms with Gasteiger partial charge in [0.05, 0.1) is 25.9 Å². The summed E-state index contributed by atoms with van der Waals surface area (Å²) in [5.41, 5.74) is -0.779. The van der Waals surface area contributed by atoms with Gasteiger partial charge in [0, 0.05) is 6.61 Å². The van der Waals surface area contributed by atoms with E-state index in [0.717, 1.165) is 13.0 Å². The Morgan fingerprint density at radius 2 is 2.38 bits per heavy atom. The Balaban J connectivity index is 2.41. The maximum atomic E-state index is 11.7. The van der Waals surface area contributed by atoms with Crippen molar-refractivity contribution in [1.29, 1.82) is 0 Å². The fourth-order valence-corrected chi connectivity index (χ4v) is 1.45. The molecule has 0 spiro atoms. The third kappa shape index (κ3) is 3.43. The molecule has 0 aliphatic carbocycles. The predicted octanol–water partition coefficient (Wildman–Crippen LogP) is 0.333. The van der Waals surface area contributed by atoms with Crippen LogP contribution in [0.1, 0.15) is 20.3 Å². The van der Waals surface area contributed by atoms with Gasteiger partial charge in [-0.2, -0.15) is 0 Å². The van der Waals surface area contributed by atoms with Crippen molar-refractivity contribution < 1.29 is 19.0 Å². The summed E-state index contributed by atoms with van der Waals surface area (Å²) < 4.78 is 15.8. The quantitative estimate of drug-likeness (QED) is 0.668. The number of hydrogen-bond donors (Lipinski definition) is 1. The van der Waals surface area contributed by atoms with E-state index in [9.17, 15) is 4.79 Å². The van der Waals surface area contributed by atoms with Crippen LogP contribution in [0.3, 0.4) is 0 Å². The number of carbonyl (C=O) groups is 1. The highest BCUT2D eigenvalue weighted by atomic mass is 16.6. The molecule has 1 aliphatic rings. The number of rotatable bonds is 6. The molecular weight excluding hydrogens is 210 g/mol. The molecule has 0 radical (unpaired) electrons. The molecule has 1 saturated heterocycles. The molecule has 0 bridgehead atoms. The van der Waals surface area contributed by atoms with E-state index in [4.69, 9.17) is 14.2 Å². The molecule has 0 aromatic rings. The summed E-state index contributed by atoms with van der Waals surface area (Å²) in [4.78, 5) is 11.7. The van der Waals surface area contributed by atoms with Gasteiger partial charge in [-0.1, -0.05) is 0 Å². The van der Waals surface area contributed by atoms with E-state index in [-0.39, 0.29) is 12.1 Å². The normalized spacial score (nSPS) is 24.1. The fraction of sp³-hybridized carbons (Fsp3) is 0.909. The summed E-state index contributed by atoms with van der Waals surface area (Å²) >= 11 is 0. The maximum Gasteiger partial charge on any atom is 0.328 e. The van der Waals surface area contributed by atoms with Gasteiger partial charge in [0.15, 0.2) is 0 Å². The first-order valence-corrected chi connectivity index (χ1v) is 5.68. The lowest BCUT2D eigenvalue weighted by Gasteiger charge is -2.27. The highest BCUT2D eigenvalue weighted by molar-refractivity contribution is 5.80. The first kappa shape index (κ1) is 13.4. The van der Waals surface area contributed by atoms with Gasteiger partial charge in [-0.05, 0) is 27.3 Å². The minimum atomic E-state index is -0.779. The van der Waals surface area contributed by atoms with Gasteiger partial charge >= 0.3 is 5.97 Å². The minimum Gasteiger partial charge on any atom is -0.465 e. The zero-order chi connectivity index (χ0) is 12.0. The van der Waals surface area contributed by atoms with Gasteiger partial charge in [-0.15, -0.1) is 0 Å². The molecule has 1 rings (SSSR count). The Kier molecular flexibility index (Phi) is 5.18. The third-order valence-electron chi connectivity index (χ3n) is 2.77. The van der Waals surface area contributed by atoms with Crippen LogP contribution >= 0.6 is 0 Å². The van der Waals surface area contributed by atoms with Crippen molar-refractivity contribution in [2.45, 2.75) is 31.9 Å². The second-order valence-corrected chi connectivity index (χ2v) is 4.10. The molecular formula is C11H21NO4. The lowest BCUT2D eigenvalue weighted by atomic mass is 10.0. The van der Waals surface area contributed by atoms with E-state index in [2.05, 4.69) is 5.32 Å². The van der Waals surface area contributed by atoms with E-state index in [0.29, 0.717) is 19.8 Å². The Morgan fingerprint density at radius 3 is 2.88 bits per heavy atom. The van der Waals surface area contributed by atoms with E-state index >= 15 is 0 Å². The topological polar surface area (TPSA) is 56.8 Å². The van der Waals surface area contributed by atoms with Crippen molar-refractivity contribution in [2.24, 2.45) is 0 Å². The van der Waals surface area contributed by atoms with E-state index < -0.39 is 5.54 Å². The van der Waals surface area contributed by atoms with Crippen molar-refractivity contribution in [3.8, 4) is 0 Å². The van der Waals surface area contributed by atoms with Crippen LogP contribution in [-0.2, 0) is 19.0 Å². The van der Waals surface area contributed by atoms with Crippen LogP contribution in [0.4, 0.5) is 0 Å². The van der Waals surface area contributed by atoms with Crippen molar-refractivity contribution in [3.63, 3.8) is 0 Å². The van der Waals surface area contributed by atoms with Gasteiger partial charge in [0.2, 0.25) is 0 Å². The Morgan fingerprint density at radius 1 is 1.62 bits per heavy atom. The molecule has 1 fully saturated rings. The zero-order valence-corrected chi connectivity index (χ0v) is 10.2. The second-order valence-electron chi connectivity index (χ2n) is 4.10. The molecule has 94 valence electrons. The van der Waals surface area contributed by atoms with Gasteiger partial charge in [-0.3, -0.25) is 0 Å². The summed E-state index contributed by atoms with van der Waals surface area (Å²) in [5, 5.41) is 2.95. The summed E-state index contributed by atoms with van der Waals surface area (Å²) in [7, 11) is 1.73. The maximum absolute atomic E-state index is 11.7. The van der Waals surface area contributed by atoms with Crippen LogP contribution in [0, 0.1) is 0 Å². The smallest absolute Gasteiger partial charge is 0.328 e. The monoisotopic (exact) mass is 231 g/mol. The molecule has 1 heterocycles. The first-order chi connectivity index (χ1) is 7.62. The molecule has 0 aromatic heterocycles. The lowest BCUT2D eigenvalue weighted by molar-refractivity contribution is -0.154. The minimum absolute atomic E-state index is 0.0992.